The monoisotopic (exact) mass is 305 g/mol. The first-order valence-electron chi connectivity index (χ1n) is 6.41. The molecule has 0 radical (unpaired) electrons. The second kappa shape index (κ2) is 8.31. The summed E-state index contributed by atoms with van der Waals surface area (Å²) in [6.45, 7) is 7.62. The molecule has 0 aliphatic carbocycles. The average molecular weight is 306 g/mol. The van der Waals surface area contributed by atoms with Crippen molar-refractivity contribution in [1.82, 2.24) is 5.32 Å². The summed E-state index contributed by atoms with van der Waals surface area (Å²) in [5.74, 6) is 0. The van der Waals surface area contributed by atoms with E-state index in [2.05, 4.69) is 26.1 Å². The van der Waals surface area contributed by atoms with Gasteiger partial charge in [-0.2, -0.15) is 0 Å². The third-order valence-corrected chi connectivity index (χ3v) is 4.74. The van der Waals surface area contributed by atoms with Gasteiger partial charge >= 0.3 is 0 Å². The van der Waals surface area contributed by atoms with E-state index in [1.165, 1.54) is 12.8 Å². The van der Waals surface area contributed by atoms with Crippen LogP contribution in [-0.2, 0) is 0 Å². The Labute approximate surface area is 125 Å². The van der Waals surface area contributed by atoms with Crippen LogP contribution in [0, 0.1) is 0 Å². The van der Waals surface area contributed by atoms with Crippen molar-refractivity contribution in [3.05, 3.63) is 28.2 Å². The Balaban J connectivity index is 2.48. The average Bonchev–Trinajstić information content (AvgIpc) is 2.35. The van der Waals surface area contributed by atoms with Crippen molar-refractivity contribution < 1.29 is 0 Å². The Hall–Kier alpha value is 0.110. The topological polar surface area (TPSA) is 12.0 Å². The van der Waals surface area contributed by atoms with Gasteiger partial charge in [0, 0.05) is 27.8 Å². The van der Waals surface area contributed by atoms with E-state index in [4.69, 9.17) is 23.2 Å². The molecule has 0 heterocycles. The summed E-state index contributed by atoms with van der Waals surface area (Å²) in [7, 11) is 0. The molecule has 0 spiro atoms. The Kier molecular flexibility index (Phi) is 7.47. The van der Waals surface area contributed by atoms with Gasteiger partial charge in [-0.15, -0.1) is 11.8 Å². The predicted molar refractivity (Wildman–Crippen MR) is 84.2 cm³/mol. The summed E-state index contributed by atoms with van der Waals surface area (Å²) in [5, 5.41) is 5.56. The van der Waals surface area contributed by atoms with Crippen molar-refractivity contribution in [3.8, 4) is 0 Å². The normalized spacial score (nSPS) is 13.0. The van der Waals surface area contributed by atoms with E-state index in [0.717, 1.165) is 21.5 Å². The molecule has 102 valence electrons. The Morgan fingerprint density at radius 3 is 2.50 bits per heavy atom. The molecule has 1 unspecified atom stereocenters. The standard InChI is InChI=1S/C14H21Cl2NS/c1-4-12(5-2)17-9-10(3)18-14-8-11(15)6-7-13(14)16/h6-8,10,12,17H,4-5,9H2,1-3H3. The van der Waals surface area contributed by atoms with Gasteiger partial charge in [-0.3, -0.25) is 0 Å². The SMILES string of the molecule is CCC(CC)NCC(C)Sc1cc(Cl)ccc1Cl. The summed E-state index contributed by atoms with van der Waals surface area (Å²) in [6.07, 6.45) is 2.34. The molecule has 0 aliphatic heterocycles. The molecule has 0 saturated heterocycles. The summed E-state index contributed by atoms with van der Waals surface area (Å²) in [4.78, 5) is 1.06. The minimum absolute atomic E-state index is 0.474. The highest BCUT2D eigenvalue weighted by Gasteiger charge is 2.10. The summed E-state index contributed by atoms with van der Waals surface area (Å²) < 4.78 is 0. The van der Waals surface area contributed by atoms with Crippen LogP contribution in [0.5, 0.6) is 0 Å². The zero-order chi connectivity index (χ0) is 13.5. The quantitative estimate of drug-likeness (QED) is 0.690. The van der Waals surface area contributed by atoms with Gasteiger partial charge in [0.25, 0.3) is 0 Å². The van der Waals surface area contributed by atoms with E-state index < -0.39 is 0 Å². The summed E-state index contributed by atoms with van der Waals surface area (Å²) >= 11 is 13.9. The molecule has 0 fully saturated rings. The molecule has 1 N–H and O–H groups in total. The molecule has 1 aromatic rings. The molecule has 0 aromatic heterocycles. The van der Waals surface area contributed by atoms with Crippen molar-refractivity contribution >= 4 is 35.0 Å². The fourth-order valence-corrected chi connectivity index (χ4v) is 3.21. The lowest BCUT2D eigenvalue weighted by molar-refractivity contribution is 0.488. The van der Waals surface area contributed by atoms with Crippen molar-refractivity contribution in [2.75, 3.05) is 6.54 Å². The number of hydrogen-bond acceptors (Lipinski definition) is 2. The summed E-state index contributed by atoms with van der Waals surface area (Å²) in [6, 6.07) is 6.22. The first-order chi connectivity index (χ1) is 8.56. The molecule has 0 bridgehead atoms. The van der Waals surface area contributed by atoms with Crippen LogP contribution in [0.2, 0.25) is 10.0 Å². The number of rotatable bonds is 7. The molecule has 0 aliphatic rings. The third-order valence-electron chi connectivity index (χ3n) is 2.90. The lowest BCUT2D eigenvalue weighted by atomic mass is 10.2. The van der Waals surface area contributed by atoms with Crippen LogP contribution in [0.25, 0.3) is 0 Å². The zero-order valence-electron chi connectivity index (χ0n) is 11.2. The fourth-order valence-electron chi connectivity index (χ4n) is 1.74. The molecule has 18 heavy (non-hydrogen) atoms. The van der Waals surface area contributed by atoms with Crippen molar-refractivity contribution in [2.24, 2.45) is 0 Å². The highest BCUT2D eigenvalue weighted by molar-refractivity contribution is 8.00. The van der Waals surface area contributed by atoms with Crippen LogP contribution < -0.4 is 5.32 Å². The van der Waals surface area contributed by atoms with Gasteiger partial charge < -0.3 is 5.32 Å². The zero-order valence-corrected chi connectivity index (χ0v) is 13.5. The minimum atomic E-state index is 0.474. The van der Waals surface area contributed by atoms with Gasteiger partial charge in [0.15, 0.2) is 0 Å². The van der Waals surface area contributed by atoms with Gasteiger partial charge in [0.05, 0.1) is 5.02 Å². The number of benzene rings is 1. The van der Waals surface area contributed by atoms with Crippen LogP contribution in [-0.4, -0.2) is 17.8 Å². The van der Waals surface area contributed by atoms with Crippen LogP contribution in [0.3, 0.4) is 0 Å². The molecule has 1 aromatic carbocycles. The maximum atomic E-state index is 6.16. The molecule has 1 atom stereocenters. The van der Waals surface area contributed by atoms with Gasteiger partial charge in [0.1, 0.15) is 0 Å². The minimum Gasteiger partial charge on any atom is -0.313 e. The summed E-state index contributed by atoms with van der Waals surface area (Å²) in [5.41, 5.74) is 0. The van der Waals surface area contributed by atoms with Crippen LogP contribution in [0.15, 0.2) is 23.1 Å². The Morgan fingerprint density at radius 1 is 1.22 bits per heavy atom. The molecular formula is C14H21Cl2NS. The van der Waals surface area contributed by atoms with Crippen molar-refractivity contribution in [2.45, 2.75) is 49.8 Å². The Bertz CT molecular complexity index is 367. The first kappa shape index (κ1) is 16.2. The molecule has 1 nitrogen and oxygen atoms in total. The second-order valence-electron chi connectivity index (χ2n) is 4.42. The van der Waals surface area contributed by atoms with Crippen molar-refractivity contribution in [3.63, 3.8) is 0 Å². The third kappa shape index (κ3) is 5.40. The van der Waals surface area contributed by atoms with E-state index in [9.17, 15) is 0 Å². The van der Waals surface area contributed by atoms with E-state index in [-0.39, 0.29) is 0 Å². The van der Waals surface area contributed by atoms with Crippen molar-refractivity contribution in [1.29, 1.82) is 0 Å². The lowest BCUT2D eigenvalue weighted by Crippen LogP contribution is -2.32. The van der Waals surface area contributed by atoms with Crippen LogP contribution in [0.4, 0.5) is 0 Å². The van der Waals surface area contributed by atoms with Crippen LogP contribution in [0.1, 0.15) is 33.6 Å². The van der Waals surface area contributed by atoms with Gasteiger partial charge in [-0.05, 0) is 31.0 Å². The van der Waals surface area contributed by atoms with E-state index in [0.29, 0.717) is 11.3 Å². The largest absolute Gasteiger partial charge is 0.313 e. The van der Waals surface area contributed by atoms with E-state index >= 15 is 0 Å². The lowest BCUT2D eigenvalue weighted by Gasteiger charge is -2.18. The number of halogens is 2. The molecule has 4 heteroatoms. The predicted octanol–water partition coefficient (Wildman–Crippen LogP) is 5.25. The van der Waals surface area contributed by atoms with Gasteiger partial charge in [-0.1, -0.05) is 44.0 Å². The number of hydrogen-bond donors (Lipinski definition) is 1. The molecule has 0 saturated carbocycles. The highest BCUT2D eigenvalue weighted by Crippen LogP contribution is 2.32. The maximum Gasteiger partial charge on any atom is 0.0543 e. The fraction of sp³-hybridized carbons (Fsp3) is 0.571. The molecule has 0 amide bonds. The second-order valence-corrected chi connectivity index (χ2v) is 6.75. The highest BCUT2D eigenvalue weighted by atomic mass is 35.5. The smallest absolute Gasteiger partial charge is 0.0543 e. The number of nitrogens with one attached hydrogen (secondary N) is 1. The van der Waals surface area contributed by atoms with Crippen LogP contribution >= 0.6 is 35.0 Å². The Morgan fingerprint density at radius 2 is 1.89 bits per heavy atom. The van der Waals surface area contributed by atoms with E-state index in [1.807, 2.05) is 18.2 Å². The maximum absolute atomic E-state index is 6.16. The van der Waals surface area contributed by atoms with E-state index in [1.54, 1.807) is 11.8 Å². The molecule has 1 rings (SSSR count). The first-order valence-corrected chi connectivity index (χ1v) is 8.05. The number of thioether (sulfide) groups is 1. The van der Waals surface area contributed by atoms with Gasteiger partial charge in [-0.25, -0.2) is 0 Å². The van der Waals surface area contributed by atoms with Gasteiger partial charge in [0.2, 0.25) is 0 Å². The molecular weight excluding hydrogens is 285 g/mol.